The molecular formula is C8H5ClF2INO. The minimum Gasteiger partial charge on any atom is -0.276 e. The largest absolute Gasteiger partial charge is 0.276 e. The number of halogens is 4. The molecule has 0 aliphatic heterocycles. The molecule has 0 N–H and O–H groups in total. The first kappa shape index (κ1) is 11.8. The fourth-order valence-corrected chi connectivity index (χ4v) is 2.02. The lowest BCUT2D eigenvalue weighted by Gasteiger charge is -2.06. The number of rotatable bonds is 2. The molecule has 76 valence electrons. The zero-order valence-electron chi connectivity index (χ0n) is 7.02. The van der Waals surface area contributed by atoms with Gasteiger partial charge in [0.1, 0.15) is 3.70 Å². The molecule has 2 nitrogen and oxygen atoms in total. The van der Waals surface area contributed by atoms with Crippen LogP contribution in [0.1, 0.15) is 28.0 Å². The molecule has 14 heavy (non-hydrogen) atoms. The van der Waals surface area contributed by atoms with Crippen LogP contribution in [-0.2, 0) is 0 Å². The highest BCUT2D eigenvalue weighted by Gasteiger charge is 2.17. The number of hydrogen-bond donors (Lipinski definition) is 0. The number of nitrogens with zero attached hydrogens (tertiary/aromatic N) is 1. The minimum absolute atomic E-state index is 0.0215. The van der Waals surface area contributed by atoms with Gasteiger partial charge in [0, 0.05) is 11.3 Å². The summed E-state index contributed by atoms with van der Waals surface area (Å²) in [7, 11) is 0. The van der Waals surface area contributed by atoms with E-state index in [1.165, 1.54) is 6.92 Å². The summed E-state index contributed by atoms with van der Waals surface area (Å²) in [5.74, 6) is 0. The maximum atomic E-state index is 12.4. The molecule has 0 fully saturated rings. The van der Waals surface area contributed by atoms with Crippen molar-refractivity contribution in [3.63, 3.8) is 0 Å². The third kappa shape index (κ3) is 2.38. The van der Waals surface area contributed by atoms with Crippen molar-refractivity contribution in [2.24, 2.45) is 0 Å². The van der Waals surface area contributed by atoms with Crippen molar-refractivity contribution in [2.75, 3.05) is 0 Å². The van der Waals surface area contributed by atoms with Gasteiger partial charge in [0.15, 0.2) is 0 Å². The Labute approximate surface area is 97.8 Å². The third-order valence-corrected chi connectivity index (χ3v) is 2.68. The second-order valence-electron chi connectivity index (χ2n) is 2.58. The lowest BCUT2D eigenvalue weighted by atomic mass is 10.1. The number of aryl methyl sites for hydroxylation is 1. The Morgan fingerprint density at radius 3 is 2.64 bits per heavy atom. The van der Waals surface area contributed by atoms with Crippen LogP contribution in [0.15, 0.2) is 6.07 Å². The molecule has 0 atom stereocenters. The summed E-state index contributed by atoms with van der Waals surface area (Å²) in [5.41, 5.74) is -0.0198. The zero-order valence-corrected chi connectivity index (χ0v) is 9.94. The van der Waals surface area contributed by atoms with Gasteiger partial charge in [-0.3, -0.25) is 4.79 Å². The van der Waals surface area contributed by atoms with E-state index < -0.39 is 11.7 Å². The van der Waals surface area contributed by atoms with Gasteiger partial charge in [-0.05, 0) is 47.2 Å². The number of carbonyl (C=O) groups is 1. The molecule has 0 aromatic carbocycles. The minimum atomic E-state index is -2.64. The lowest BCUT2D eigenvalue weighted by molar-refractivity contribution is 0.107. The molecule has 6 heteroatoms. The summed E-state index contributed by atoms with van der Waals surface area (Å²) < 4.78 is 25.1. The Morgan fingerprint density at radius 1 is 1.64 bits per heavy atom. The van der Waals surface area contributed by atoms with Gasteiger partial charge in [-0.1, -0.05) is 0 Å². The Balaban J connectivity index is 3.34. The summed E-state index contributed by atoms with van der Waals surface area (Å²) >= 11 is 6.99. The Hall–Kier alpha value is -0.300. The van der Waals surface area contributed by atoms with Gasteiger partial charge < -0.3 is 0 Å². The molecule has 0 unspecified atom stereocenters. The summed E-state index contributed by atoms with van der Waals surface area (Å²) in [5, 5.41) is -0.774. The molecule has 0 saturated heterocycles. The molecule has 1 aromatic rings. The highest BCUT2D eigenvalue weighted by Crippen LogP contribution is 2.25. The molecule has 0 aliphatic carbocycles. The van der Waals surface area contributed by atoms with Crippen LogP contribution in [0.5, 0.6) is 0 Å². The van der Waals surface area contributed by atoms with E-state index in [0.29, 0.717) is 3.70 Å². The van der Waals surface area contributed by atoms with Crippen LogP contribution in [0.3, 0.4) is 0 Å². The van der Waals surface area contributed by atoms with Gasteiger partial charge in [0.05, 0.1) is 5.56 Å². The molecule has 1 aromatic heterocycles. The average molecular weight is 331 g/mol. The van der Waals surface area contributed by atoms with E-state index in [1.54, 1.807) is 22.6 Å². The van der Waals surface area contributed by atoms with Crippen molar-refractivity contribution in [2.45, 2.75) is 13.3 Å². The summed E-state index contributed by atoms with van der Waals surface area (Å²) in [6.07, 6.45) is -2.64. The van der Waals surface area contributed by atoms with Gasteiger partial charge >= 0.3 is 0 Å². The van der Waals surface area contributed by atoms with Gasteiger partial charge in [-0.25, -0.2) is 13.8 Å². The normalized spacial score (nSPS) is 10.7. The topological polar surface area (TPSA) is 30.0 Å². The fourth-order valence-electron chi connectivity index (χ4n) is 0.950. The van der Waals surface area contributed by atoms with E-state index in [-0.39, 0.29) is 16.8 Å². The maximum Gasteiger partial charge on any atom is 0.265 e. The SMILES string of the molecule is Cc1nc(I)c(C(=O)Cl)cc1C(F)F. The van der Waals surface area contributed by atoms with Crippen LogP contribution >= 0.6 is 34.2 Å². The van der Waals surface area contributed by atoms with E-state index in [2.05, 4.69) is 4.98 Å². The maximum absolute atomic E-state index is 12.4. The van der Waals surface area contributed by atoms with E-state index in [4.69, 9.17) is 11.6 Å². The second-order valence-corrected chi connectivity index (χ2v) is 3.94. The Bertz CT molecular complexity index is 384. The molecule has 0 saturated carbocycles. The van der Waals surface area contributed by atoms with Crippen LogP contribution in [0.4, 0.5) is 8.78 Å². The molecule has 1 rings (SSSR count). The van der Waals surface area contributed by atoms with Crippen molar-refractivity contribution in [3.05, 3.63) is 26.6 Å². The quantitative estimate of drug-likeness (QED) is 0.473. The van der Waals surface area contributed by atoms with Crippen molar-refractivity contribution in [1.29, 1.82) is 0 Å². The first-order chi connectivity index (χ1) is 6.43. The van der Waals surface area contributed by atoms with Gasteiger partial charge in [0.25, 0.3) is 11.7 Å². The molecular weight excluding hydrogens is 326 g/mol. The number of pyridine rings is 1. The monoisotopic (exact) mass is 331 g/mol. The van der Waals surface area contributed by atoms with Gasteiger partial charge in [-0.15, -0.1) is 0 Å². The molecule has 1 heterocycles. The number of aromatic nitrogens is 1. The fraction of sp³-hybridized carbons (Fsp3) is 0.250. The number of carbonyl (C=O) groups excluding carboxylic acids is 1. The first-order valence-corrected chi connectivity index (χ1v) is 5.04. The summed E-state index contributed by atoms with van der Waals surface area (Å²) in [6, 6.07) is 1.09. The third-order valence-electron chi connectivity index (χ3n) is 1.65. The second kappa shape index (κ2) is 4.48. The smallest absolute Gasteiger partial charge is 0.265 e. The van der Waals surface area contributed by atoms with Crippen molar-refractivity contribution in [3.8, 4) is 0 Å². The van der Waals surface area contributed by atoms with Crippen LogP contribution in [0.25, 0.3) is 0 Å². The predicted molar refractivity (Wildman–Crippen MR) is 56.8 cm³/mol. The molecule has 0 amide bonds. The molecule has 0 radical (unpaired) electrons. The first-order valence-electron chi connectivity index (χ1n) is 3.58. The van der Waals surface area contributed by atoms with Crippen LogP contribution < -0.4 is 0 Å². The van der Waals surface area contributed by atoms with Gasteiger partial charge in [-0.2, -0.15) is 0 Å². The van der Waals surface area contributed by atoms with Gasteiger partial charge in [0.2, 0.25) is 0 Å². The van der Waals surface area contributed by atoms with E-state index in [9.17, 15) is 13.6 Å². The Morgan fingerprint density at radius 2 is 2.21 bits per heavy atom. The highest BCUT2D eigenvalue weighted by molar-refractivity contribution is 14.1. The van der Waals surface area contributed by atoms with E-state index >= 15 is 0 Å². The highest BCUT2D eigenvalue weighted by atomic mass is 127. The summed E-state index contributed by atoms with van der Waals surface area (Å²) in [6.45, 7) is 1.46. The van der Waals surface area contributed by atoms with Crippen molar-refractivity contribution >= 4 is 39.4 Å². The predicted octanol–water partition coefficient (Wildman–Crippen LogP) is 3.31. The van der Waals surface area contributed by atoms with E-state index in [0.717, 1.165) is 6.07 Å². The van der Waals surface area contributed by atoms with E-state index in [1.807, 2.05) is 0 Å². The lowest BCUT2D eigenvalue weighted by Crippen LogP contribution is -2.03. The van der Waals surface area contributed by atoms with Crippen molar-refractivity contribution < 1.29 is 13.6 Å². The summed E-state index contributed by atoms with van der Waals surface area (Å²) in [4.78, 5) is 14.6. The van der Waals surface area contributed by atoms with Crippen molar-refractivity contribution in [1.82, 2.24) is 4.98 Å². The molecule has 0 bridgehead atoms. The van der Waals surface area contributed by atoms with Crippen LogP contribution in [-0.4, -0.2) is 10.2 Å². The zero-order chi connectivity index (χ0) is 10.9. The molecule has 0 spiro atoms. The number of alkyl halides is 2. The number of hydrogen-bond acceptors (Lipinski definition) is 2. The van der Waals surface area contributed by atoms with Crippen LogP contribution in [0, 0.1) is 10.6 Å². The Kier molecular flexibility index (Phi) is 3.77. The standard InChI is InChI=1S/C8H5ClF2INO/c1-3-4(7(10)11)2-5(6(9)14)8(12)13-3/h2,7H,1H3. The average Bonchev–Trinajstić information content (AvgIpc) is 2.02. The molecule has 0 aliphatic rings. The van der Waals surface area contributed by atoms with Crippen LogP contribution in [0.2, 0.25) is 0 Å².